The summed E-state index contributed by atoms with van der Waals surface area (Å²) in [5.74, 6) is 1.55. The zero-order valence-corrected chi connectivity index (χ0v) is 23.3. The first-order chi connectivity index (χ1) is 17.7. The highest BCUT2D eigenvalue weighted by Crippen LogP contribution is 2.21. The molecule has 0 heterocycles. The number of carbonyl (C=O) groups is 2. The Kier molecular flexibility index (Phi) is 10.6. The lowest BCUT2D eigenvalue weighted by atomic mass is 10.0. The number of aryl methyl sites for hydroxylation is 2. The van der Waals surface area contributed by atoms with Crippen LogP contribution in [0.4, 0.5) is 0 Å². The van der Waals surface area contributed by atoms with Crippen LogP contribution in [-0.2, 0) is 28.3 Å². The molecule has 5 nitrogen and oxygen atoms in total. The van der Waals surface area contributed by atoms with Crippen LogP contribution < -0.4 is 10.1 Å². The lowest BCUT2D eigenvalue weighted by Gasteiger charge is -2.32. The lowest BCUT2D eigenvalue weighted by Crippen LogP contribution is -2.52. The van der Waals surface area contributed by atoms with Gasteiger partial charge in [0.05, 0.1) is 12.9 Å². The van der Waals surface area contributed by atoms with Gasteiger partial charge in [-0.25, -0.2) is 0 Å². The molecule has 0 aliphatic rings. The number of rotatable bonds is 12. The normalized spacial score (nSPS) is 11.7. The molecule has 3 rings (SSSR count). The summed E-state index contributed by atoms with van der Waals surface area (Å²) in [5.41, 5.74) is 5.57. The zero-order chi connectivity index (χ0) is 26.8. The van der Waals surface area contributed by atoms with Crippen LogP contribution in [0.15, 0.2) is 72.8 Å². The number of hydrogen-bond donors (Lipinski definition) is 1. The second kappa shape index (κ2) is 13.9. The van der Waals surface area contributed by atoms with Crippen LogP contribution in [0, 0.1) is 13.8 Å². The number of methoxy groups -OCH3 is 1. The predicted octanol–water partition coefficient (Wildman–Crippen LogP) is 5.71. The van der Waals surface area contributed by atoms with Crippen molar-refractivity contribution < 1.29 is 14.3 Å². The summed E-state index contributed by atoms with van der Waals surface area (Å²) >= 11 is 1.58. The van der Waals surface area contributed by atoms with Gasteiger partial charge in [-0.2, -0.15) is 0 Å². The molecule has 0 saturated carbocycles. The fourth-order valence-corrected chi connectivity index (χ4v) is 5.24. The number of benzene rings is 3. The Bertz CT molecular complexity index is 1160. The number of ether oxygens (including phenoxy) is 1. The van der Waals surface area contributed by atoms with Gasteiger partial charge in [0.15, 0.2) is 0 Å². The highest BCUT2D eigenvalue weighted by atomic mass is 32.2. The summed E-state index contributed by atoms with van der Waals surface area (Å²) in [6, 6.07) is 23.3. The Balaban J connectivity index is 1.87. The zero-order valence-electron chi connectivity index (χ0n) is 22.5. The minimum atomic E-state index is -0.634. The third-order valence-corrected chi connectivity index (χ3v) is 6.95. The van der Waals surface area contributed by atoms with Gasteiger partial charge >= 0.3 is 0 Å². The van der Waals surface area contributed by atoms with Crippen molar-refractivity contribution in [1.82, 2.24) is 10.2 Å². The molecule has 0 fully saturated rings. The molecule has 0 aromatic heterocycles. The standard InChI is InChI=1S/C31H38N2O3S/c1-22(2)32-31(35)29(18-25-10-7-6-8-11-25)33(19-26-12-9-13-28(17-26)36-5)30(34)21-37-20-27-15-23(3)14-24(4)16-27/h6-17,22,29H,18-21H2,1-5H3,(H,32,35)/t29-/m1/s1. The first-order valence-electron chi connectivity index (χ1n) is 12.7. The van der Waals surface area contributed by atoms with Gasteiger partial charge in [-0.3, -0.25) is 9.59 Å². The molecule has 6 heteroatoms. The highest BCUT2D eigenvalue weighted by Gasteiger charge is 2.30. The predicted molar refractivity (Wildman–Crippen MR) is 153 cm³/mol. The molecule has 1 atom stereocenters. The molecule has 0 aliphatic heterocycles. The first-order valence-corrected chi connectivity index (χ1v) is 13.8. The van der Waals surface area contributed by atoms with E-state index in [4.69, 9.17) is 4.74 Å². The number of hydrogen-bond acceptors (Lipinski definition) is 4. The smallest absolute Gasteiger partial charge is 0.243 e. The van der Waals surface area contributed by atoms with E-state index in [9.17, 15) is 9.59 Å². The number of carbonyl (C=O) groups excluding carboxylic acids is 2. The van der Waals surface area contributed by atoms with Gasteiger partial charge in [-0.1, -0.05) is 71.8 Å². The van der Waals surface area contributed by atoms with Crippen molar-refractivity contribution in [3.05, 3.63) is 101 Å². The molecule has 2 amide bonds. The average Bonchev–Trinajstić information content (AvgIpc) is 2.85. The highest BCUT2D eigenvalue weighted by molar-refractivity contribution is 7.99. The van der Waals surface area contributed by atoms with Crippen LogP contribution in [0.5, 0.6) is 5.75 Å². The molecular formula is C31H38N2O3S. The molecule has 3 aromatic rings. The maximum atomic E-state index is 13.7. The van der Waals surface area contributed by atoms with Crippen LogP contribution >= 0.6 is 11.8 Å². The Morgan fingerprint density at radius 1 is 0.892 bits per heavy atom. The molecule has 1 N–H and O–H groups in total. The SMILES string of the molecule is COc1cccc(CN(C(=O)CSCc2cc(C)cc(C)c2)[C@H](Cc2ccccc2)C(=O)NC(C)C)c1. The molecule has 0 saturated heterocycles. The van der Waals surface area contributed by atoms with E-state index in [1.54, 1.807) is 23.8 Å². The molecule has 0 bridgehead atoms. The fraction of sp³-hybridized carbons (Fsp3) is 0.355. The van der Waals surface area contributed by atoms with E-state index in [0.29, 0.717) is 13.0 Å². The molecule has 3 aromatic carbocycles. The summed E-state index contributed by atoms with van der Waals surface area (Å²) < 4.78 is 5.40. The molecule has 0 spiro atoms. The van der Waals surface area contributed by atoms with Crippen LogP contribution in [-0.4, -0.2) is 41.7 Å². The Morgan fingerprint density at radius 2 is 1.57 bits per heavy atom. The second-order valence-corrected chi connectivity index (χ2v) is 10.7. The van der Waals surface area contributed by atoms with Gasteiger partial charge in [0, 0.05) is 24.8 Å². The van der Waals surface area contributed by atoms with Crippen LogP contribution in [0.3, 0.4) is 0 Å². The van der Waals surface area contributed by atoms with Crippen LogP contribution in [0.25, 0.3) is 0 Å². The third-order valence-electron chi connectivity index (χ3n) is 5.96. The molecule has 0 aliphatic carbocycles. The van der Waals surface area contributed by atoms with Crippen molar-refractivity contribution in [3.63, 3.8) is 0 Å². The fourth-order valence-electron chi connectivity index (χ4n) is 4.39. The quantitative estimate of drug-likeness (QED) is 0.334. The summed E-state index contributed by atoms with van der Waals surface area (Å²) in [7, 11) is 1.62. The molecular weight excluding hydrogens is 480 g/mol. The largest absolute Gasteiger partial charge is 0.497 e. The van der Waals surface area contributed by atoms with Gasteiger partial charge in [-0.05, 0) is 56.5 Å². The first kappa shape index (κ1) is 28.3. The lowest BCUT2D eigenvalue weighted by molar-refractivity contribution is -0.139. The van der Waals surface area contributed by atoms with E-state index < -0.39 is 6.04 Å². The van der Waals surface area contributed by atoms with Gasteiger partial charge in [-0.15, -0.1) is 11.8 Å². The molecule has 37 heavy (non-hydrogen) atoms. The Labute approximate surface area is 225 Å². The summed E-state index contributed by atoms with van der Waals surface area (Å²) in [4.78, 5) is 28.9. The van der Waals surface area contributed by atoms with Gasteiger partial charge in [0.1, 0.15) is 11.8 Å². The van der Waals surface area contributed by atoms with E-state index in [2.05, 4.69) is 37.4 Å². The topological polar surface area (TPSA) is 58.6 Å². The van der Waals surface area contributed by atoms with Crippen LogP contribution in [0.1, 0.15) is 41.7 Å². The third kappa shape index (κ3) is 8.97. The van der Waals surface area contributed by atoms with Crippen LogP contribution in [0.2, 0.25) is 0 Å². The molecule has 0 unspecified atom stereocenters. The number of nitrogens with one attached hydrogen (secondary N) is 1. The molecule has 0 radical (unpaired) electrons. The van der Waals surface area contributed by atoms with Crippen molar-refractivity contribution in [2.24, 2.45) is 0 Å². The van der Waals surface area contributed by atoms with E-state index in [1.807, 2.05) is 68.4 Å². The molecule has 196 valence electrons. The Morgan fingerprint density at radius 3 is 2.22 bits per heavy atom. The summed E-state index contributed by atoms with van der Waals surface area (Å²) in [5, 5.41) is 3.04. The average molecular weight is 519 g/mol. The van der Waals surface area contributed by atoms with Gasteiger partial charge < -0.3 is 15.0 Å². The minimum absolute atomic E-state index is 0.0292. The number of thioether (sulfide) groups is 1. The van der Waals surface area contributed by atoms with E-state index in [-0.39, 0.29) is 23.6 Å². The summed E-state index contributed by atoms with van der Waals surface area (Å²) in [6.07, 6.45) is 0.441. The number of amides is 2. The minimum Gasteiger partial charge on any atom is -0.497 e. The van der Waals surface area contributed by atoms with Gasteiger partial charge in [0.25, 0.3) is 0 Å². The van der Waals surface area contributed by atoms with Gasteiger partial charge in [0.2, 0.25) is 11.8 Å². The second-order valence-electron chi connectivity index (χ2n) is 9.73. The van der Waals surface area contributed by atoms with Crippen molar-refractivity contribution in [3.8, 4) is 5.75 Å². The monoisotopic (exact) mass is 518 g/mol. The van der Waals surface area contributed by atoms with E-state index >= 15 is 0 Å². The van der Waals surface area contributed by atoms with E-state index in [1.165, 1.54) is 16.7 Å². The van der Waals surface area contributed by atoms with E-state index in [0.717, 1.165) is 22.6 Å². The van der Waals surface area contributed by atoms with Crippen molar-refractivity contribution in [1.29, 1.82) is 0 Å². The number of nitrogens with zero attached hydrogens (tertiary/aromatic N) is 1. The Hall–Kier alpha value is -3.25. The summed E-state index contributed by atoms with van der Waals surface area (Å²) in [6.45, 7) is 8.37. The van der Waals surface area contributed by atoms with Crippen molar-refractivity contribution in [2.75, 3.05) is 12.9 Å². The maximum Gasteiger partial charge on any atom is 0.243 e. The van der Waals surface area contributed by atoms with Crippen molar-refractivity contribution in [2.45, 2.75) is 58.5 Å². The van der Waals surface area contributed by atoms with Crippen molar-refractivity contribution >= 4 is 23.6 Å². The maximum absolute atomic E-state index is 13.7.